The highest BCUT2D eigenvalue weighted by Crippen LogP contribution is 2.26. The van der Waals surface area contributed by atoms with Crippen LogP contribution in [0, 0.1) is 0 Å². The van der Waals surface area contributed by atoms with Gasteiger partial charge in [0.1, 0.15) is 11.5 Å². The molecule has 0 aliphatic rings. The van der Waals surface area contributed by atoms with Crippen molar-refractivity contribution in [2.75, 3.05) is 18.6 Å². The molecule has 4 nitrogen and oxygen atoms in total. The van der Waals surface area contributed by atoms with E-state index in [0.717, 1.165) is 35.3 Å². The maximum absolute atomic E-state index is 5.91. The fourth-order valence-electron chi connectivity index (χ4n) is 2.44. The van der Waals surface area contributed by atoms with Crippen LogP contribution in [0.15, 0.2) is 76.1 Å². The monoisotopic (exact) mass is 320 g/mol. The average Bonchev–Trinajstić information content (AvgIpc) is 3.11. The SMILES string of the molecule is CCN(c1ccccc1)c1ccc(C=Nc2ccc(OC)cc2)o1. The number of anilines is 2. The molecule has 1 heterocycles. The first-order chi connectivity index (χ1) is 11.8. The summed E-state index contributed by atoms with van der Waals surface area (Å²) >= 11 is 0. The molecule has 0 N–H and O–H groups in total. The predicted molar refractivity (Wildman–Crippen MR) is 98.1 cm³/mol. The Morgan fingerprint density at radius 2 is 1.75 bits per heavy atom. The first-order valence-corrected chi connectivity index (χ1v) is 7.90. The molecular weight excluding hydrogens is 300 g/mol. The van der Waals surface area contributed by atoms with Crippen LogP contribution >= 0.6 is 0 Å². The van der Waals surface area contributed by atoms with Gasteiger partial charge >= 0.3 is 0 Å². The van der Waals surface area contributed by atoms with Crippen molar-refractivity contribution >= 4 is 23.5 Å². The van der Waals surface area contributed by atoms with E-state index in [1.807, 2.05) is 54.6 Å². The minimum atomic E-state index is 0.718. The van der Waals surface area contributed by atoms with Gasteiger partial charge in [0.2, 0.25) is 5.88 Å². The van der Waals surface area contributed by atoms with E-state index in [-0.39, 0.29) is 0 Å². The summed E-state index contributed by atoms with van der Waals surface area (Å²) in [6.45, 7) is 2.92. The zero-order valence-corrected chi connectivity index (χ0v) is 13.8. The topological polar surface area (TPSA) is 38.0 Å². The molecule has 122 valence electrons. The van der Waals surface area contributed by atoms with E-state index in [4.69, 9.17) is 9.15 Å². The second kappa shape index (κ2) is 7.51. The highest BCUT2D eigenvalue weighted by Gasteiger charge is 2.10. The van der Waals surface area contributed by atoms with Crippen LogP contribution in [0.25, 0.3) is 0 Å². The van der Waals surface area contributed by atoms with Gasteiger partial charge in [0.25, 0.3) is 0 Å². The Balaban J connectivity index is 1.75. The second-order valence-electron chi connectivity index (χ2n) is 5.21. The number of methoxy groups -OCH3 is 1. The molecule has 0 bridgehead atoms. The minimum absolute atomic E-state index is 0.718. The highest BCUT2D eigenvalue weighted by molar-refractivity contribution is 5.79. The van der Waals surface area contributed by atoms with E-state index >= 15 is 0 Å². The number of benzene rings is 2. The van der Waals surface area contributed by atoms with Crippen molar-refractivity contribution in [1.29, 1.82) is 0 Å². The van der Waals surface area contributed by atoms with Gasteiger partial charge in [-0.3, -0.25) is 4.99 Å². The van der Waals surface area contributed by atoms with Crippen molar-refractivity contribution in [2.45, 2.75) is 6.92 Å². The maximum atomic E-state index is 5.91. The molecule has 2 aromatic carbocycles. The van der Waals surface area contributed by atoms with Crippen LogP contribution in [-0.2, 0) is 0 Å². The Morgan fingerprint density at radius 3 is 2.42 bits per heavy atom. The van der Waals surface area contributed by atoms with Gasteiger partial charge in [-0.05, 0) is 49.4 Å². The zero-order chi connectivity index (χ0) is 16.8. The molecule has 3 aromatic rings. The van der Waals surface area contributed by atoms with E-state index in [2.05, 4.69) is 28.9 Å². The standard InChI is InChI=1S/C20H20N2O2/c1-3-22(17-7-5-4-6-8-17)20-14-13-19(24-20)15-21-16-9-11-18(23-2)12-10-16/h4-15H,3H2,1-2H3. The summed E-state index contributed by atoms with van der Waals surface area (Å²) in [4.78, 5) is 6.55. The van der Waals surface area contributed by atoms with Crippen molar-refractivity contribution in [2.24, 2.45) is 4.99 Å². The molecule has 0 aliphatic carbocycles. The fourth-order valence-corrected chi connectivity index (χ4v) is 2.44. The number of hydrogen-bond donors (Lipinski definition) is 0. The van der Waals surface area contributed by atoms with Crippen molar-refractivity contribution in [3.63, 3.8) is 0 Å². The molecule has 3 rings (SSSR count). The molecule has 0 saturated carbocycles. The van der Waals surface area contributed by atoms with Crippen molar-refractivity contribution in [3.8, 4) is 5.75 Å². The molecule has 24 heavy (non-hydrogen) atoms. The van der Waals surface area contributed by atoms with Crippen LogP contribution in [0.3, 0.4) is 0 Å². The molecule has 0 amide bonds. The number of furan rings is 1. The number of hydrogen-bond acceptors (Lipinski definition) is 4. The average molecular weight is 320 g/mol. The largest absolute Gasteiger partial charge is 0.497 e. The molecule has 0 unspecified atom stereocenters. The van der Waals surface area contributed by atoms with E-state index < -0.39 is 0 Å². The normalized spacial score (nSPS) is 10.9. The number of nitrogens with zero attached hydrogens (tertiary/aromatic N) is 2. The van der Waals surface area contributed by atoms with Crippen LogP contribution in [-0.4, -0.2) is 19.9 Å². The molecule has 1 aromatic heterocycles. The number of rotatable bonds is 6. The summed E-state index contributed by atoms with van der Waals surface area (Å²) in [5, 5.41) is 0. The van der Waals surface area contributed by atoms with Gasteiger partial charge in [-0.2, -0.15) is 0 Å². The van der Waals surface area contributed by atoms with Gasteiger partial charge < -0.3 is 14.1 Å². The fraction of sp³-hybridized carbons (Fsp3) is 0.150. The Hall–Kier alpha value is -3.01. The summed E-state index contributed by atoms with van der Waals surface area (Å²) in [7, 11) is 1.65. The Kier molecular flexibility index (Phi) is 4.96. The molecule has 4 heteroatoms. The van der Waals surface area contributed by atoms with Gasteiger partial charge in [0, 0.05) is 18.3 Å². The second-order valence-corrected chi connectivity index (χ2v) is 5.21. The van der Waals surface area contributed by atoms with Crippen molar-refractivity contribution < 1.29 is 9.15 Å². The molecule has 0 spiro atoms. The zero-order valence-electron chi connectivity index (χ0n) is 13.8. The van der Waals surface area contributed by atoms with Gasteiger partial charge in [-0.15, -0.1) is 0 Å². The molecule has 0 aliphatic heterocycles. The molecule has 0 fully saturated rings. The lowest BCUT2D eigenvalue weighted by molar-refractivity contribution is 0.415. The van der Waals surface area contributed by atoms with Crippen LogP contribution < -0.4 is 9.64 Å². The van der Waals surface area contributed by atoms with E-state index in [1.54, 1.807) is 13.3 Å². The highest BCUT2D eigenvalue weighted by atomic mass is 16.5. The predicted octanol–water partition coefficient (Wildman–Crippen LogP) is 5.20. The molecular formula is C20H20N2O2. The van der Waals surface area contributed by atoms with Crippen molar-refractivity contribution in [1.82, 2.24) is 0 Å². The van der Waals surface area contributed by atoms with Crippen LogP contribution in [0.5, 0.6) is 5.75 Å². The van der Waals surface area contributed by atoms with Crippen molar-refractivity contribution in [3.05, 3.63) is 72.5 Å². The third-order valence-corrected chi connectivity index (χ3v) is 3.68. The number of para-hydroxylation sites is 1. The summed E-state index contributed by atoms with van der Waals surface area (Å²) in [5.41, 5.74) is 1.96. The van der Waals surface area contributed by atoms with Gasteiger partial charge in [0.15, 0.2) is 0 Å². The summed E-state index contributed by atoms with van der Waals surface area (Å²) < 4.78 is 11.0. The minimum Gasteiger partial charge on any atom is -0.497 e. The number of ether oxygens (including phenoxy) is 1. The Morgan fingerprint density at radius 1 is 1.00 bits per heavy atom. The lowest BCUT2D eigenvalue weighted by Crippen LogP contribution is -2.14. The van der Waals surface area contributed by atoms with Gasteiger partial charge in [-0.25, -0.2) is 0 Å². The van der Waals surface area contributed by atoms with E-state index in [1.165, 1.54) is 0 Å². The quantitative estimate of drug-likeness (QED) is 0.586. The first kappa shape index (κ1) is 15.9. The van der Waals surface area contributed by atoms with Crippen LogP contribution in [0.2, 0.25) is 0 Å². The lowest BCUT2D eigenvalue weighted by Gasteiger charge is -2.19. The van der Waals surface area contributed by atoms with E-state index in [0.29, 0.717) is 0 Å². The van der Waals surface area contributed by atoms with Crippen LogP contribution in [0.4, 0.5) is 17.3 Å². The third kappa shape index (κ3) is 3.66. The first-order valence-electron chi connectivity index (χ1n) is 7.90. The van der Waals surface area contributed by atoms with Gasteiger partial charge in [0.05, 0.1) is 19.0 Å². The Labute approximate surface area is 142 Å². The molecule has 0 atom stereocenters. The third-order valence-electron chi connectivity index (χ3n) is 3.68. The molecule has 0 saturated heterocycles. The van der Waals surface area contributed by atoms with E-state index in [9.17, 15) is 0 Å². The Bertz CT molecular complexity index is 792. The van der Waals surface area contributed by atoms with Crippen LogP contribution in [0.1, 0.15) is 12.7 Å². The lowest BCUT2D eigenvalue weighted by atomic mass is 10.3. The smallest absolute Gasteiger partial charge is 0.200 e. The summed E-state index contributed by atoms with van der Waals surface area (Å²) in [5.74, 6) is 2.34. The maximum Gasteiger partial charge on any atom is 0.200 e. The summed E-state index contributed by atoms with van der Waals surface area (Å²) in [6, 6.07) is 21.6. The van der Waals surface area contributed by atoms with Gasteiger partial charge in [-0.1, -0.05) is 18.2 Å². The summed E-state index contributed by atoms with van der Waals surface area (Å²) in [6.07, 6.45) is 1.73. The molecule has 0 radical (unpaired) electrons. The number of aliphatic imine (C=N–C) groups is 1.